The first kappa shape index (κ1) is 26.9. The predicted octanol–water partition coefficient (Wildman–Crippen LogP) is 1.06. The Labute approximate surface area is 227 Å². The minimum absolute atomic E-state index is 0.0616. The van der Waals surface area contributed by atoms with Crippen LogP contribution in [0.3, 0.4) is 0 Å². The highest BCUT2D eigenvalue weighted by Gasteiger charge is 2.33. The molecule has 11 heteroatoms. The normalized spacial score (nSPS) is 16.6. The second-order valence-electron chi connectivity index (χ2n) is 9.88. The Morgan fingerprint density at radius 2 is 1.41 bits per heavy atom. The molecule has 0 aromatic heterocycles. The Kier molecular flexibility index (Phi) is 7.76. The van der Waals surface area contributed by atoms with Gasteiger partial charge in [-0.15, -0.1) is 0 Å². The van der Waals surface area contributed by atoms with Gasteiger partial charge < -0.3 is 5.32 Å². The molecule has 1 fully saturated rings. The fourth-order valence-electron chi connectivity index (χ4n) is 5.15. The van der Waals surface area contributed by atoms with Gasteiger partial charge in [-0.25, -0.2) is 13.6 Å². The van der Waals surface area contributed by atoms with E-state index in [2.05, 4.69) is 15.1 Å². The van der Waals surface area contributed by atoms with Gasteiger partial charge in [0.1, 0.15) is 0 Å². The summed E-state index contributed by atoms with van der Waals surface area (Å²) in [5.41, 5.74) is 2.04. The number of hydrogen-bond donors (Lipinski definition) is 2. The molecule has 5 rings (SSSR count). The van der Waals surface area contributed by atoms with Gasteiger partial charge in [0, 0.05) is 62.3 Å². The van der Waals surface area contributed by atoms with Crippen LogP contribution in [-0.4, -0.2) is 93.2 Å². The van der Waals surface area contributed by atoms with E-state index in [1.54, 1.807) is 24.3 Å². The number of benzene rings is 3. The maximum Gasteiger partial charge on any atom is 0.261 e. The molecule has 3 amide bonds. The number of carbonyl (C=O) groups is 3. The van der Waals surface area contributed by atoms with Crippen molar-refractivity contribution in [3.8, 4) is 0 Å². The van der Waals surface area contributed by atoms with Gasteiger partial charge in [0.25, 0.3) is 11.8 Å². The summed E-state index contributed by atoms with van der Waals surface area (Å²) in [6.45, 7) is 4.56. The topological polar surface area (TPSA) is 133 Å². The monoisotopic (exact) mass is 549 g/mol. The molecule has 0 atom stereocenters. The first-order valence-corrected chi connectivity index (χ1v) is 14.5. The average Bonchev–Trinajstić information content (AvgIpc) is 2.92. The molecule has 0 radical (unpaired) electrons. The molecule has 3 aromatic rings. The number of primary sulfonamides is 1. The van der Waals surface area contributed by atoms with Crippen molar-refractivity contribution in [2.75, 3.05) is 52.4 Å². The Morgan fingerprint density at radius 1 is 0.821 bits per heavy atom. The maximum absolute atomic E-state index is 13.1. The number of piperazine rings is 1. The SMILES string of the molecule is NS(=O)(=O)c1ccc(CCNC(=O)CN2CCN(CCN3C(=O)c4cccc5cccc(c45)C3=O)CC2)cc1. The first-order chi connectivity index (χ1) is 18.7. The fraction of sp³-hybridized carbons (Fsp3) is 0.321. The molecule has 2 aliphatic heterocycles. The Bertz CT molecular complexity index is 1460. The van der Waals surface area contributed by atoms with Crippen LogP contribution >= 0.6 is 0 Å². The van der Waals surface area contributed by atoms with Crippen molar-refractivity contribution < 1.29 is 22.8 Å². The third kappa shape index (κ3) is 6.01. The fourth-order valence-corrected chi connectivity index (χ4v) is 5.66. The van der Waals surface area contributed by atoms with Gasteiger partial charge in [0.15, 0.2) is 0 Å². The molecule has 1 saturated heterocycles. The zero-order chi connectivity index (χ0) is 27.6. The minimum atomic E-state index is -3.72. The average molecular weight is 550 g/mol. The Morgan fingerprint density at radius 3 is 2.00 bits per heavy atom. The van der Waals surface area contributed by atoms with Crippen LogP contribution in [0.5, 0.6) is 0 Å². The van der Waals surface area contributed by atoms with Gasteiger partial charge in [0.2, 0.25) is 15.9 Å². The highest BCUT2D eigenvalue weighted by molar-refractivity contribution is 7.89. The number of nitrogens with zero attached hydrogens (tertiary/aromatic N) is 3. The van der Waals surface area contributed by atoms with Crippen LogP contribution in [0.4, 0.5) is 0 Å². The van der Waals surface area contributed by atoms with Crippen LogP contribution in [0.1, 0.15) is 26.3 Å². The number of carbonyl (C=O) groups excluding carboxylic acids is 3. The van der Waals surface area contributed by atoms with Crippen LogP contribution in [0.25, 0.3) is 10.8 Å². The van der Waals surface area contributed by atoms with Crippen molar-refractivity contribution in [2.24, 2.45) is 5.14 Å². The molecule has 2 aliphatic rings. The van der Waals surface area contributed by atoms with Gasteiger partial charge >= 0.3 is 0 Å². The van der Waals surface area contributed by atoms with Crippen LogP contribution < -0.4 is 10.5 Å². The standard InChI is InChI=1S/C28H31N5O5S/c29-39(37,38)22-9-7-20(8-10-22)11-12-30-25(34)19-32-15-13-31(14-16-32)17-18-33-27(35)23-5-1-3-21-4-2-6-24(26(21)23)28(33)36/h1-10H,11-19H2,(H,30,34)(H2,29,37,38). The van der Waals surface area contributed by atoms with Crippen molar-refractivity contribution in [1.82, 2.24) is 20.0 Å². The summed E-state index contributed by atoms with van der Waals surface area (Å²) in [5.74, 6) is -0.568. The quantitative estimate of drug-likeness (QED) is 0.382. The van der Waals surface area contributed by atoms with Crippen LogP contribution in [-0.2, 0) is 21.2 Å². The molecular formula is C28H31N5O5S. The van der Waals surface area contributed by atoms with Crippen molar-refractivity contribution in [2.45, 2.75) is 11.3 Å². The van der Waals surface area contributed by atoms with Crippen molar-refractivity contribution in [1.29, 1.82) is 0 Å². The van der Waals surface area contributed by atoms with E-state index in [-0.39, 0.29) is 22.6 Å². The van der Waals surface area contributed by atoms with E-state index in [4.69, 9.17) is 5.14 Å². The van der Waals surface area contributed by atoms with Crippen LogP contribution in [0, 0.1) is 0 Å². The number of rotatable bonds is 9. The molecule has 39 heavy (non-hydrogen) atoms. The van der Waals surface area contributed by atoms with E-state index in [9.17, 15) is 22.8 Å². The lowest BCUT2D eigenvalue weighted by molar-refractivity contribution is -0.122. The van der Waals surface area contributed by atoms with Gasteiger partial charge in [0.05, 0.1) is 11.4 Å². The summed E-state index contributed by atoms with van der Waals surface area (Å²) in [7, 11) is -3.72. The molecule has 3 aromatic carbocycles. The van der Waals surface area contributed by atoms with Crippen LogP contribution in [0.2, 0.25) is 0 Å². The number of sulfonamides is 1. The highest BCUT2D eigenvalue weighted by Crippen LogP contribution is 2.29. The van der Waals surface area contributed by atoms with E-state index in [1.165, 1.54) is 17.0 Å². The molecule has 0 saturated carbocycles. The number of imide groups is 1. The number of nitrogens with two attached hydrogens (primary N) is 1. The summed E-state index contributed by atoms with van der Waals surface area (Å²) in [5, 5.41) is 9.65. The summed E-state index contributed by atoms with van der Waals surface area (Å²) in [6, 6.07) is 17.4. The lowest BCUT2D eigenvalue weighted by Gasteiger charge is -2.35. The van der Waals surface area contributed by atoms with Gasteiger partial charge in [-0.1, -0.05) is 36.4 Å². The van der Waals surface area contributed by atoms with E-state index >= 15 is 0 Å². The summed E-state index contributed by atoms with van der Waals surface area (Å²) < 4.78 is 22.7. The predicted molar refractivity (Wildman–Crippen MR) is 147 cm³/mol. The molecule has 0 bridgehead atoms. The number of amides is 3. The number of nitrogens with one attached hydrogen (secondary N) is 1. The van der Waals surface area contributed by atoms with Gasteiger partial charge in [-0.05, 0) is 41.6 Å². The van der Waals surface area contributed by atoms with E-state index in [0.717, 1.165) is 29.4 Å². The first-order valence-electron chi connectivity index (χ1n) is 12.9. The largest absolute Gasteiger partial charge is 0.355 e. The zero-order valence-corrected chi connectivity index (χ0v) is 22.3. The Balaban J connectivity index is 1.05. The lowest BCUT2D eigenvalue weighted by atomic mass is 9.94. The molecule has 0 unspecified atom stereocenters. The molecular weight excluding hydrogens is 518 g/mol. The van der Waals surface area contributed by atoms with Crippen LogP contribution in [0.15, 0.2) is 65.6 Å². The van der Waals surface area contributed by atoms with E-state index < -0.39 is 10.0 Å². The Hall–Kier alpha value is -3.64. The van der Waals surface area contributed by atoms with Crippen molar-refractivity contribution in [3.63, 3.8) is 0 Å². The maximum atomic E-state index is 13.1. The summed E-state index contributed by atoms with van der Waals surface area (Å²) in [4.78, 5) is 44.3. The van der Waals surface area contributed by atoms with Crippen molar-refractivity contribution >= 4 is 38.5 Å². The number of hydrogen-bond acceptors (Lipinski definition) is 7. The van der Waals surface area contributed by atoms with E-state index in [1.807, 2.05) is 24.3 Å². The molecule has 3 N–H and O–H groups in total. The minimum Gasteiger partial charge on any atom is -0.355 e. The lowest BCUT2D eigenvalue weighted by Crippen LogP contribution is -2.52. The smallest absolute Gasteiger partial charge is 0.261 e. The second-order valence-corrected chi connectivity index (χ2v) is 11.4. The summed E-state index contributed by atoms with van der Waals surface area (Å²) >= 11 is 0. The van der Waals surface area contributed by atoms with Crippen molar-refractivity contribution in [3.05, 3.63) is 77.4 Å². The molecule has 0 aliphatic carbocycles. The zero-order valence-electron chi connectivity index (χ0n) is 21.5. The molecule has 10 nitrogen and oxygen atoms in total. The van der Waals surface area contributed by atoms with Gasteiger partial charge in [-0.2, -0.15) is 0 Å². The second kappa shape index (κ2) is 11.2. The molecule has 2 heterocycles. The van der Waals surface area contributed by atoms with E-state index in [0.29, 0.717) is 56.8 Å². The molecule has 204 valence electrons. The third-order valence-corrected chi connectivity index (χ3v) is 8.24. The third-order valence-electron chi connectivity index (χ3n) is 7.32. The summed E-state index contributed by atoms with van der Waals surface area (Å²) in [6.07, 6.45) is 0.581. The molecule has 0 spiro atoms. The highest BCUT2D eigenvalue weighted by atomic mass is 32.2. The van der Waals surface area contributed by atoms with Gasteiger partial charge in [-0.3, -0.25) is 29.1 Å².